The van der Waals surface area contributed by atoms with E-state index in [1.165, 1.54) is 5.56 Å². The van der Waals surface area contributed by atoms with Crippen LogP contribution in [0.15, 0.2) is 12.1 Å². The zero-order chi connectivity index (χ0) is 12.2. The normalized spacial score (nSPS) is 26.7. The van der Waals surface area contributed by atoms with Crippen LogP contribution in [0.1, 0.15) is 34.6 Å². The molecule has 0 radical (unpaired) electrons. The summed E-state index contributed by atoms with van der Waals surface area (Å²) >= 11 is 0. The number of hydrogen-bond acceptors (Lipinski definition) is 1. The molecule has 3 rings (SSSR count). The first-order chi connectivity index (χ1) is 7.97. The molecule has 1 nitrogen and oxygen atoms in total. The van der Waals surface area contributed by atoms with Crippen LogP contribution in [-0.4, -0.2) is 24.4 Å². The van der Waals surface area contributed by atoms with Gasteiger partial charge in [-0.1, -0.05) is 17.7 Å². The van der Waals surface area contributed by atoms with Crippen molar-refractivity contribution in [3.63, 3.8) is 0 Å². The topological polar surface area (TPSA) is 3.24 Å². The van der Waals surface area contributed by atoms with E-state index in [-0.39, 0.29) is 6.42 Å². The number of aryl methyl sites for hydroxylation is 2. The molecule has 1 aliphatic heterocycles. The zero-order valence-electron chi connectivity index (χ0n) is 10.3. The summed E-state index contributed by atoms with van der Waals surface area (Å²) in [6.45, 7) is 3.33. The van der Waals surface area contributed by atoms with Gasteiger partial charge in [0.15, 0.2) is 0 Å². The fourth-order valence-corrected chi connectivity index (χ4v) is 3.32. The Labute approximate surface area is 100 Å². The fourth-order valence-electron chi connectivity index (χ4n) is 3.32. The van der Waals surface area contributed by atoms with Gasteiger partial charge < -0.3 is 4.90 Å². The lowest BCUT2D eigenvalue weighted by Gasteiger charge is -2.41. The van der Waals surface area contributed by atoms with E-state index in [1.54, 1.807) is 0 Å². The van der Waals surface area contributed by atoms with Crippen molar-refractivity contribution in [2.45, 2.75) is 38.2 Å². The summed E-state index contributed by atoms with van der Waals surface area (Å²) in [5, 5.41) is 0. The second-order valence-electron chi connectivity index (χ2n) is 5.51. The van der Waals surface area contributed by atoms with Gasteiger partial charge in [-0.05, 0) is 37.1 Å². The van der Waals surface area contributed by atoms with Gasteiger partial charge in [0, 0.05) is 19.5 Å². The summed E-state index contributed by atoms with van der Waals surface area (Å²) in [6.07, 6.45) is 0.526. The van der Waals surface area contributed by atoms with E-state index in [4.69, 9.17) is 0 Å². The van der Waals surface area contributed by atoms with E-state index < -0.39 is 11.8 Å². The predicted octanol–water partition coefficient (Wildman–Crippen LogP) is 3.11. The first-order valence-electron chi connectivity index (χ1n) is 6.16. The quantitative estimate of drug-likeness (QED) is 0.670. The molecule has 0 N–H and O–H groups in total. The van der Waals surface area contributed by atoms with Gasteiger partial charge in [0.2, 0.25) is 0 Å². The molecule has 1 heterocycles. The number of halogens is 2. The van der Waals surface area contributed by atoms with E-state index in [0.29, 0.717) is 13.0 Å². The summed E-state index contributed by atoms with van der Waals surface area (Å²) in [7, 11) is 1.93. The van der Waals surface area contributed by atoms with Crippen molar-refractivity contribution in [2.75, 3.05) is 13.6 Å². The molecule has 1 atom stereocenters. The lowest BCUT2D eigenvalue weighted by atomic mass is 9.75. The summed E-state index contributed by atoms with van der Waals surface area (Å²) in [4.78, 5) is 2.01. The van der Waals surface area contributed by atoms with E-state index in [0.717, 1.165) is 23.2 Å². The molecule has 1 unspecified atom stereocenters. The van der Waals surface area contributed by atoms with Crippen LogP contribution in [0.3, 0.4) is 0 Å². The van der Waals surface area contributed by atoms with Crippen LogP contribution in [0.2, 0.25) is 0 Å². The molecule has 0 aromatic heterocycles. The molecular formula is C14H17F2N. The minimum atomic E-state index is -2.54. The third-order valence-electron chi connectivity index (χ3n) is 4.02. The maximum Gasteiger partial charge on any atom is 0.256 e. The maximum absolute atomic E-state index is 14.0. The first kappa shape index (κ1) is 11.1. The molecule has 0 amide bonds. The number of benzene rings is 1. The highest BCUT2D eigenvalue weighted by Crippen LogP contribution is 2.47. The lowest BCUT2D eigenvalue weighted by Crippen LogP contribution is -2.43. The van der Waals surface area contributed by atoms with Crippen LogP contribution in [0, 0.1) is 6.92 Å². The first-order valence-corrected chi connectivity index (χ1v) is 6.16. The van der Waals surface area contributed by atoms with Gasteiger partial charge >= 0.3 is 0 Å². The standard InChI is InChI=1S/C14H17F2N/c1-9-5-10-3-4-14(15,16)12-8-17(2)7-11(6-9)13(10)12/h5-6,12H,3-4,7-8H2,1-2H3. The van der Waals surface area contributed by atoms with Crippen LogP contribution in [-0.2, 0) is 13.0 Å². The van der Waals surface area contributed by atoms with Gasteiger partial charge in [0.1, 0.15) is 0 Å². The average molecular weight is 237 g/mol. The van der Waals surface area contributed by atoms with Crippen molar-refractivity contribution in [2.24, 2.45) is 0 Å². The van der Waals surface area contributed by atoms with Crippen molar-refractivity contribution in [3.05, 3.63) is 34.4 Å². The van der Waals surface area contributed by atoms with Crippen molar-refractivity contribution < 1.29 is 8.78 Å². The molecule has 0 bridgehead atoms. The summed E-state index contributed by atoms with van der Waals surface area (Å²) in [5.74, 6) is -3.13. The monoisotopic (exact) mass is 237 g/mol. The Morgan fingerprint density at radius 2 is 2.00 bits per heavy atom. The molecule has 1 aromatic rings. The fraction of sp³-hybridized carbons (Fsp3) is 0.571. The highest BCUT2D eigenvalue weighted by Gasteiger charge is 2.47. The van der Waals surface area contributed by atoms with Gasteiger partial charge in [-0.15, -0.1) is 0 Å². The summed E-state index contributed by atoms with van der Waals surface area (Å²) in [5.41, 5.74) is 4.41. The highest BCUT2D eigenvalue weighted by molar-refractivity contribution is 5.45. The Bertz CT molecular complexity index is 468. The van der Waals surface area contributed by atoms with Crippen LogP contribution in [0.25, 0.3) is 0 Å². The molecule has 17 heavy (non-hydrogen) atoms. The minimum Gasteiger partial charge on any atom is -0.301 e. The molecular weight excluding hydrogens is 220 g/mol. The molecule has 0 saturated carbocycles. The van der Waals surface area contributed by atoms with Gasteiger partial charge in [-0.25, -0.2) is 8.78 Å². The van der Waals surface area contributed by atoms with Crippen molar-refractivity contribution >= 4 is 0 Å². The molecule has 92 valence electrons. The van der Waals surface area contributed by atoms with E-state index in [1.807, 2.05) is 18.9 Å². The maximum atomic E-state index is 14.0. The van der Waals surface area contributed by atoms with E-state index in [2.05, 4.69) is 12.1 Å². The Hall–Kier alpha value is -0.960. The molecule has 0 saturated heterocycles. The largest absolute Gasteiger partial charge is 0.301 e. The summed E-state index contributed by atoms with van der Waals surface area (Å²) in [6, 6.07) is 4.16. The molecule has 0 spiro atoms. The van der Waals surface area contributed by atoms with Gasteiger partial charge in [-0.2, -0.15) is 0 Å². The molecule has 0 fully saturated rings. The van der Waals surface area contributed by atoms with Crippen LogP contribution in [0.5, 0.6) is 0 Å². The Balaban J connectivity index is 2.19. The van der Waals surface area contributed by atoms with Crippen molar-refractivity contribution in [1.29, 1.82) is 0 Å². The third kappa shape index (κ3) is 1.68. The molecule has 2 aliphatic rings. The number of hydrogen-bond donors (Lipinski definition) is 0. The predicted molar refractivity (Wildman–Crippen MR) is 63.5 cm³/mol. The van der Waals surface area contributed by atoms with Crippen LogP contribution in [0.4, 0.5) is 8.78 Å². The Morgan fingerprint density at radius 1 is 1.29 bits per heavy atom. The van der Waals surface area contributed by atoms with Crippen LogP contribution >= 0.6 is 0 Å². The lowest BCUT2D eigenvalue weighted by molar-refractivity contribution is -0.0534. The zero-order valence-corrected chi connectivity index (χ0v) is 10.3. The number of rotatable bonds is 0. The minimum absolute atomic E-state index is 0.00139. The summed E-state index contributed by atoms with van der Waals surface area (Å²) < 4.78 is 28.0. The highest BCUT2D eigenvalue weighted by atomic mass is 19.3. The average Bonchev–Trinajstić information content (AvgIpc) is 2.22. The number of alkyl halides is 2. The molecule has 1 aromatic carbocycles. The molecule has 1 aliphatic carbocycles. The van der Waals surface area contributed by atoms with E-state index in [9.17, 15) is 8.78 Å². The second-order valence-corrected chi connectivity index (χ2v) is 5.51. The van der Waals surface area contributed by atoms with Crippen molar-refractivity contribution in [3.8, 4) is 0 Å². The van der Waals surface area contributed by atoms with Gasteiger partial charge in [0.05, 0.1) is 5.92 Å². The third-order valence-corrected chi connectivity index (χ3v) is 4.02. The number of nitrogens with zero attached hydrogens (tertiary/aromatic N) is 1. The number of likely N-dealkylation sites (N-methyl/N-ethyl adjacent to an activating group) is 1. The smallest absolute Gasteiger partial charge is 0.256 e. The Kier molecular flexibility index (Phi) is 2.31. The SMILES string of the molecule is Cc1cc2c3c(c1)CN(C)CC3C(F)(F)CC2. The van der Waals surface area contributed by atoms with Crippen LogP contribution < -0.4 is 0 Å². The van der Waals surface area contributed by atoms with Crippen molar-refractivity contribution in [1.82, 2.24) is 4.90 Å². The second kappa shape index (κ2) is 3.52. The van der Waals surface area contributed by atoms with Gasteiger partial charge in [0.25, 0.3) is 5.92 Å². The molecule has 3 heteroatoms. The van der Waals surface area contributed by atoms with Gasteiger partial charge in [-0.3, -0.25) is 0 Å². The van der Waals surface area contributed by atoms with E-state index >= 15 is 0 Å². The Morgan fingerprint density at radius 3 is 2.76 bits per heavy atom.